The molecule has 0 aliphatic carbocycles. The Bertz CT molecular complexity index is 2650. The molecule has 3 heterocycles. The average molecular weight is 705 g/mol. The van der Waals surface area contributed by atoms with E-state index in [4.69, 9.17) is 9.97 Å². The molecule has 0 spiro atoms. The van der Waals surface area contributed by atoms with E-state index in [9.17, 15) is 5.11 Å². The molecule has 0 radical (unpaired) electrons. The van der Waals surface area contributed by atoms with Crippen LogP contribution >= 0.6 is 0 Å². The van der Waals surface area contributed by atoms with Crippen LogP contribution in [-0.2, 0) is 10.8 Å². The van der Waals surface area contributed by atoms with E-state index in [2.05, 4.69) is 173 Å². The monoisotopic (exact) mass is 704 g/mol. The number of pyridine rings is 3. The zero-order chi connectivity index (χ0) is 37.6. The molecule has 1 N–H and O–H groups in total. The summed E-state index contributed by atoms with van der Waals surface area (Å²) in [6.07, 6.45) is 5.59. The van der Waals surface area contributed by atoms with Crippen LogP contribution in [0.1, 0.15) is 52.7 Å². The highest BCUT2D eigenvalue weighted by Crippen LogP contribution is 2.44. The van der Waals surface area contributed by atoms with Crippen molar-refractivity contribution in [2.24, 2.45) is 0 Å². The number of hydrogen-bond donors (Lipinski definition) is 1. The highest BCUT2D eigenvalue weighted by Gasteiger charge is 2.27. The molecule has 54 heavy (non-hydrogen) atoms. The zero-order valence-corrected chi connectivity index (χ0v) is 31.7. The summed E-state index contributed by atoms with van der Waals surface area (Å²) in [6.45, 7) is 13.1. The lowest BCUT2D eigenvalue weighted by molar-refractivity contribution is 0.446. The molecule has 0 saturated carbocycles. The standard InChI is InChI=1S/C49H44N4O/c1-48(2,3)38-28-41(47(54)42(29-38)49(4,5)6)44-26-36(32-14-8-7-9-15-32)25-43(52-44)34-18-12-19-39(24-34)53(45-21-13-17-33-16-10-11-20-40(33)45)46-27-37-30-50-23-22-35(37)31-51-46/h7-31,54H,1-6H3. The number of anilines is 3. The number of benzene rings is 5. The maximum atomic E-state index is 12.0. The Balaban J connectivity index is 1.35. The molecule has 0 aliphatic heterocycles. The van der Waals surface area contributed by atoms with Gasteiger partial charge in [-0.2, -0.15) is 0 Å². The lowest BCUT2D eigenvalue weighted by Crippen LogP contribution is -2.17. The van der Waals surface area contributed by atoms with Gasteiger partial charge in [-0.3, -0.25) is 9.88 Å². The minimum Gasteiger partial charge on any atom is -0.507 e. The summed E-state index contributed by atoms with van der Waals surface area (Å²) in [5, 5.41) is 16.3. The summed E-state index contributed by atoms with van der Waals surface area (Å²) in [4.78, 5) is 17.0. The van der Waals surface area contributed by atoms with Crippen molar-refractivity contribution in [3.8, 4) is 39.4 Å². The SMILES string of the molecule is CC(C)(C)c1cc(-c2cc(-c3ccccc3)cc(-c3cccc(N(c4cc5cnccc5cn4)c4cccc5ccccc45)c3)n2)c(O)c(C(C)(C)C)c1. The maximum absolute atomic E-state index is 12.0. The lowest BCUT2D eigenvalue weighted by Gasteiger charge is -2.27. The Morgan fingerprint density at radius 3 is 2.07 bits per heavy atom. The van der Waals surface area contributed by atoms with Gasteiger partial charge >= 0.3 is 0 Å². The van der Waals surface area contributed by atoms with Gasteiger partial charge in [0.15, 0.2) is 0 Å². The summed E-state index contributed by atoms with van der Waals surface area (Å²) in [6, 6.07) is 46.3. The van der Waals surface area contributed by atoms with E-state index in [0.29, 0.717) is 0 Å². The Morgan fingerprint density at radius 1 is 0.556 bits per heavy atom. The first-order chi connectivity index (χ1) is 25.9. The van der Waals surface area contributed by atoms with E-state index in [0.717, 1.165) is 83.5 Å². The van der Waals surface area contributed by atoms with Crippen LogP contribution in [-0.4, -0.2) is 20.1 Å². The van der Waals surface area contributed by atoms with Gasteiger partial charge in [-0.1, -0.05) is 126 Å². The Morgan fingerprint density at radius 2 is 1.28 bits per heavy atom. The molecule has 0 aliphatic rings. The van der Waals surface area contributed by atoms with Gasteiger partial charge < -0.3 is 5.11 Å². The Labute approximate surface area is 317 Å². The van der Waals surface area contributed by atoms with Crippen LogP contribution in [0, 0.1) is 0 Å². The summed E-state index contributed by atoms with van der Waals surface area (Å²) in [5.41, 5.74) is 8.92. The van der Waals surface area contributed by atoms with E-state index >= 15 is 0 Å². The smallest absolute Gasteiger partial charge is 0.138 e. The van der Waals surface area contributed by atoms with Crippen LogP contribution in [0.15, 0.2) is 152 Å². The van der Waals surface area contributed by atoms with Crippen molar-refractivity contribution >= 4 is 38.7 Å². The fraction of sp³-hybridized carbons (Fsp3) is 0.163. The topological polar surface area (TPSA) is 62.1 Å². The molecule has 5 heteroatoms. The molecule has 0 fully saturated rings. The van der Waals surface area contributed by atoms with Crippen molar-refractivity contribution in [1.29, 1.82) is 0 Å². The Kier molecular flexibility index (Phi) is 8.74. The third-order valence-corrected chi connectivity index (χ3v) is 10.1. The van der Waals surface area contributed by atoms with Gasteiger partial charge in [-0.25, -0.2) is 9.97 Å². The molecule has 0 amide bonds. The fourth-order valence-electron chi connectivity index (χ4n) is 7.14. The third kappa shape index (κ3) is 6.69. The van der Waals surface area contributed by atoms with Gasteiger partial charge in [0.1, 0.15) is 11.6 Å². The van der Waals surface area contributed by atoms with Gasteiger partial charge in [0.2, 0.25) is 0 Å². The minimum atomic E-state index is -0.272. The van der Waals surface area contributed by atoms with Gasteiger partial charge in [0.25, 0.3) is 0 Å². The molecule has 0 bridgehead atoms. The fourth-order valence-corrected chi connectivity index (χ4v) is 7.14. The maximum Gasteiger partial charge on any atom is 0.138 e. The molecule has 8 aromatic rings. The van der Waals surface area contributed by atoms with Crippen LogP contribution < -0.4 is 4.90 Å². The summed E-state index contributed by atoms with van der Waals surface area (Å²) in [7, 11) is 0. The van der Waals surface area contributed by atoms with Crippen LogP contribution in [0.3, 0.4) is 0 Å². The summed E-state index contributed by atoms with van der Waals surface area (Å²) < 4.78 is 0. The first-order valence-electron chi connectivity index (χ1n) is 18.5. The third-order valence-electron chi connectivity index (χ3n) is 10.1. The van der Waals surface area contributed by atoms with Crippen molar-refractivity contribution in [3.63, 3.8) is 0 Å². The van der Waals surface area contributed by atoms with Crippen LogP contribution in [0.25, 0.3) is 55.2 Å². The van der Waals surface area contributed by atoms with Crippen molar-refractivity contribution in [2.75, 3.05) is 4.90 Å². The number of phenols is 1. The second-order valence-corrected chi connectivity index (χ2v) is 16.1. The number of aromatic nitrogens is 3. The first-order valence-corrected chi connectivity index (χ1v) is 18.5. The number of phenolic OH excluding ortho intramolecular Hbond substituents is 1. The second-order valence-electron chi connectivity index (χ2n) is 16.1. The highest BCUT2D eigenvalue weighted by atomic mass is 16.3. The minimum absolute atomic E-state index is 0.130. The van der Waals surface area contributed by atoms with Crippen LogP contribution in [0.2, 0.25) is 0 Å². The van der Waals surface area contributed by atoms with Crippen molar-refractivity contribution in [3.05, 3.63) is 163 Å². The number of nitrogens with zero attached hydrogens (tertiary/aromatic N) is 4. The van der Waals surface area contributed by atoms with Gasteiger partial charge in [0, 0.05) is 57.1 Å². The van der Waals surface area contributed by atoms with E-state index < -0.39 is 0 Å². The van der Waals surface area contributed by atoms with E-state index in [1.54, 1.807) is 6.20 Å². The molecule has 0 atom stereocenters. The van der Waals surface area contributed by atoms with E-state index in [-0.39, 0.29) is 16.6 Å². The molecular weight excluding hydrogens is 661 g/mol. The Hall–Kier alpha value is -6.33. The first kappa shape index (κ1) is 34.7. The molecule has 3 aromatic heterocycles. The second kappa shape index (κ2) is 13.6. The highest BCUT2D eigenvalue weighted by molar-refractivity contribution is 5.99. The molecule has 5 aromatic carbocycles. The molecule has 266 valence electrons. The molecule has 5 nitrogen and oxygen atoms in total. The van der Waals surface area contributed by atoms with Gasteiger partial charge in [0.05, 0.1) is 17.1 Å². The average Bonchev–Trinajstić information content (AvgIpc) is 3.17. The van der Waals surface area contributed by atoms with E-state index in [1.807, 2.05) is 24.5 Å². The van der Waals surface area contributed by atoms with Gasteiger partial charge in [-0.05, 0) is 81.4 Å². The molecular formula is C49H44N4O. The van der Waals surface area contributed by atoms with Crippen molar-refractivity contribution in [2.45, 2.75) is 52.4 Å². The molecule has 8 rings (SSSR count). The number of fused-ring (bicyclic) bond motifs is 2. The van der Waals surface area contributed by atoms with Crippen molar-refractivity contribution in [1.82, 2.24) is 15.0 Å². The number of hydrogen-bond acceptors (Lipinski definition) is 5. The lowest BCUT2D eigenvalue weighted by atomic mass is 9.78. The van der Waals surface area contributed by atoms with E-state index in [1.165, 1.54) is 0 Å². The van der Waals surface area contributed by atoms with Crippen molar-refractivity contribution < 1.29 is 5.11 Å². The molecule has 0 saturated heterocycles. The normalized spacial score (nSPS) is 12.0. The number of rotatable bonds is 6. The van der Waals surface area contributed by atoms with Gasteiger partial charge in [-0.15, -0.1) is 0 Å². The van der Waals surface area contributed by atoms with Crippen LogP contribution in [0.4, 0.5) is 17.2 Å². The largest absolute Gasteiger partial charge is 0.507 e. The predicted octanol–water partition coefficient (Wildman–Crippen LogP) is 12.9. The summed E-state index contributed by atoms with van der Waals surface area (Å²) in [5.74, 6) is 1.06. The summed E-state index contributed by atoms with van der Waals surface area (Å²) >= 11 is 0. The molecule has 0 unspecified atom stereocenters. The predicted molar refractivity (Wildman–Crippen MR) is 225 cm³/mol. The zero-order valence-electron chi connectivity index (χ0n) is 31.7. The number of aromatic hydroxyl groups is 1. The van der Waals surface area contributed by atoms with Crippen LogP contribution in [0.5, 0.6) is 5.75 Å². The quantitative estimate of drug-likeness (QED) is 0.187.